The summed E-state index contributed by atoms with van der Waals surface area (Å²) in [5, 5.41) is 8.50. The Labute approximate surface area is 145 Å². The maximum Gasteiger partial charge on any atom is 0.267 e. The van der Waals surface area contributed by atoms with Crippen molar-refractivity contribution < 1.29 is 4.52 Å². The fourth-order valence-corrected chi connectivity index (χ4v) is 3.25. The summed E-state index contributed by atoms with van der Waals surface area (Å²) in [5.74, 6) is 1.03. The van der Waals surface area contributed by atoms with E-state index in [1.807, 2.05) is 12.1 Å². The summed E-state index contributed by atoms with van der Waals surface area (Å²) in [6.07, 6.45) is 4.72. The third-order valence-corrected chi connectivity index (χ3v) is 4.68. The molecule has 6 heteroatoms. The fraction of sp³-hybridized carbons (Fsp3) is 0.368. The second kappa shape index (κ2) is 6.63. The van der Waals surface area contributed by atoms with Crippen molar-refractivity contribution in [2.45, 2.75) is 45.6 Å². The van der Waals surface area contributed by atoms with Crippen molar-refractivity contribution in [2.24, 2.45) is 0 Å². The molecule has 2 heterocycles. The molecule has 128 valence electrons. The zero-order valence-electron chi connectivity index (χ0n) is 14.2. The molecule has 0 saturated carbocycles. The van der Waals surface area contributed by atoms with Crippen molar-refractivity contribution >= 4 is 0 Å². The van der Waals surface area contributed by atoms with E-state index in [-0.39, 0.29) is 12.1 Å². The molecule has 0 amide bonds. The minimum absolute atomic E-state index is 0.106. The van der Waals surface area contributed by atoms with Gasteiger partial charge in [-0.2, -0.15) is 10.1 Å². The van der Waals surface area contributed by atoms with Gasteiger partial charge in [0.25, 0.3) is 5.56 Å². The van der Waals surface area contributed by atoms with Gasteiger partial charge in [0.05, 0.1) is 12.1 Å². The molecule has 1 aromatic carbocycles. The fourth-order valence-electron chi connectivity index (χ4n) is 3.25. The molecular formula is C19H20N4O2. The summed E-state index contributed by atoms with van der Waals surface area (Å²) >= 11 is 0. The summed E-state index contributed by atoms with van der Waals surface area (Å²) < 4.78 is 6.78. The van der Waals surface area contributed by atoms with Gasteiger partial charge in [-0.15, -0.1) is 0 Å². The van der Waals surface area contributed by atoms with Gasteiger partial charge in [-0.3, -0.25) is 4.79 Å². The Kier molecular flexibility index (Phi) is 4.17. The van der Waals surface area contributed by atoms with Crippen LogP contribution in [0.25, 0.3) is 0 Å². The molecule has 1 aliphatic carbocycles. The summed E-state index contributed by atoms with van der Waals surface area (Å²) in [4.78, 5) is 16.7. The van der Waals surface area contributed by atoms with E-state index < -0.39 is 0 Å². The van der Waals surface area contributed by atoms with Gasteiger partial charge >= 0.3 is 0 Å². The zero-order valence-corrected chi connectivity index (χ0v) is 14.2. The number of aryl methyl sites for hydroxylation is 3. The predicted octanol–water partition coefficient (Wildman–Crippen LogP) is 2.45. The highest BCUT2D eigenvalue weighted by Crippen LogP contribution is 2.17. The summed E-state index contributed by atoms with van der Waals surface area (Å²) in [6.45, 7) is 2.30. The highest BCUT2D eigenvalue weighted by molar-refractivity contribution is 5.27. The molecule has 3 aromatic rings. The Morgan fingerprint density at radius 2 is 2.04 bits per heavy atom. The quantitative estimate of drug-likeness (QED) is 0.732. The van der Waals surface area contributed by atoms with Crippen LogP contribution in [0.5, 0.6) is 0 Å². The minimum Gasteiger partial charge on any atom is -0.339 e. The number of benzene rings is 1. The van der Waals surface area contributed by atoms with Crippen LogP contribution in [-0.2, 0) is 25.8 Å². The molecule has 0 unspecified atom stereocenters. The van der Waals surface area contributed by atoms with Crippen LogP contribution in [0.4, 0.5) is 0 Å². The van der Waals surface area contributed by atoms with Gasteiger partial charge in [0, 0.05) is 6.07 Å². The van der Waals surface area contributed by atoms with Gasteiger partial charge in [-0.25, -0.2) is 4.68 Å². The second-order valence-corrected chi connectivity index (χ2v) is 6.53. The average molecular weight is 336 g/mol. The maximum atomic E-state index is 12.3. The molecule has 6 nitrogen and oxygen atoms in total. The molecule has 0 N–H and O–H groups in total. The largest absolute Gasteiger partial charge is 0.339 e. The molecular weight excluding hydrogens is 316 g/mol. The first-order chi connectivity index (χ1) is 12.2. The van der Waals surface area contributed by atoms with Crippen molar-refractivity contribution in [3.63, 3.8) is 0 Å². The lowest BCUT2D eigenvalue weighted by atomic mass is 9.97. The summed E-state index contributed by atoms with van der Waals surface area (Å²) in [7, 11) is 0. The van der Waals surface area contributed by atoms with Crippen LogP contribution in [0.3, 0.4) is 0 Å². The van der Waals surface area contributed by atoms with Crippen molar-refractivity contribution in [2.75, 3.05) is 0 Å². The first kappa shape index (κ1) is 15.7. The van der Waals surface area contributed by atoms with E-state index in [1.165, 1.54) is 10.2 Å². The number of nitrogens with zero attached hydrogens (tertiary/aromatic N) is 4. The molecule has 0 bridgehead atoms. The lowest BCUT2D eigenvalue weighted by Crippen LogP contribution is -2.27. The molecule has 4 rings (SSSR count). The van der Waals surface area contributed by atoms with E-state index in [0.717, 1.165) is 42.5 Å². The molecule has 0 aliphatic heterocycles. The SMILES string of the molecule is Cc1ccccc1Cc1nc(Cn2nc3c(cc2=O)CCCC3)no1. The monoisotopic (exact) mass is 336 g/mol. The zero-order chi connectivity index (χ0) is 17.2. The van der Waals surface area contributed by atoms with E-state index >= 15 is 0 Å². The normalized spacial score (nSPS) is 13.6. The molecule has 1 aliphatic rings. The van der Waals surface area contributed by atoms with Crippen molar-refractivity contribution in [3.8, 4) is 0 Å². The van der Waals surface area contributed by atoms with E-state index in [1.54, 1.807) is 6.07 Å². The van der Waals surface area contributed by atoms with Gasteiger partial charge in [0.2, 0.25) is 5.89 Å². The molecule has 0 atom stereocenters. The van der Waals surface area contributed by atoms with Crippen LogP contribution in [0, 0.1) is 6.92 Å². The smallest absolute Gasteiger partial charge is 0.267 e. The average Bonchev–Trinajstić information content (AvgIpc) is 3.05. The van der Waals surface area contributed by atoms with Crippen molar-refractivity contribution in [3.05, 3.63) is 74.8 Å². The van der Waals surface area contributed by atoms with Gasteiger partial charge in [-0.1, -0.05) is 29.4 Å². The van der Waals surface area contributed by atoms with Crippen LogP contribution in [0.1, 0.15) is 46.9 Å². The Morgan fingerprint density at radius 3 is 2.92 bits per heavy atom. The molecule has 0 spiro atoms. The number of fused-ring (bicyclic) bond motifs is 1. The van der Waals surface area contributed by atoms with Crippen LogP contribution in [0.2, 0.25) is 0 Å². The number of hydrogen-bond donors (Lipinski definition) is 0. The summed E-state index contributed by atoms with van der Waals surface area (Å²) in [5.41, 5.74) is 4.35. The molecule has 0 fully saturated rings. The minimum atomic E-state index is -0.106. The molecule has 0 radical (unpaired) electrons. The molecule has 0 saturated heterocycles. The Hall–Kier alpha value is -2.76. The van der Waals surface area contributed by atoms with Crippen molar-refractivity contribution in [1.82, 2.24) is 19.9 Å². The van der Waals surface area contributed by atoms with Gasteiger partial charge in [0.15, 0.2) is 5.82 Å². The van der Waals surface area contributed by atoms with Crippen molar-refractivity contribution in [1.29, 1.82) is 0 Å². The number of hydrogen-bond acceptors (Lipinski definition) is 5. The standard InChI is InChI=1S/C19H20N4O2/c1-13-6-2-3-7-14(13)10-18-20-17(22-25-18)12-23-19(24)11-15-8-4-5-9-16(15)21-23/h2-3,6-7,11H,4-5,8-10,12H2,1H3. The van der Waals surface area contributed by atoms with E-state index in [2.05, 4.69) is 34.3 Å². The van der Waals surface area contributed by atoms with Gasteiger partial charge in [-0.05, 0) is 49.3 Å². The third kappa shape index (κ3) is 3.38. The lowest BCUT2D eigenvalue weighted by molar-refractivity contribution is 0.376. The Bertz CT molecular complexity index is 958. The molecule has 2 aromatic heterocycles. The third-order valence-electron chi connectivity index (χ3n) is 4.68. The first-order valence-electron chi connectivity index (χ1n) is 8.65. The second-order valence-electron chi connectivity index (χ2n) is 6.53. The van der Waals surface area contributed by atoms with Crippen LogP contribution >= 0.6 is 0 Å². The van der Waals surface area contributed by atoms with E-state index in [0.29, 0.717) is 18.1 Å². The van der Waals surface area contributed by atoms with Gasteiger partial charge in [0.1, 0.15) is 6.54 Å². The van der Waals surface area contributed by atoms with E-state index in [9.17, 15) is 4.79 Å². The predicted molar refractivity (Wildman–Crippen MR) is 92.5 cm³/mol. The van der Waals surface area contributed by atoms with E-state index in [4.69, 9.17) is 4.52 Å². The highest BCUT2D eigenvalue weighted by atomic mass is 16.5. The van der Waals surface area contributed by atoms with Crippen LogP contribution in [0.15, 0.2) is 39.6 Å². The lowest BCUT2D eigenvalue weighted by Gasteiger charge is -2.15. The summed E-state index contributed by atoms with van der Waals surface area (Å²) in [6, 6.07) is 9.82. The first-order valence-corrected chi connectivity index (χ1v) is 8.65. The number of aromatic nitrogens is 4. The highest BCUT2D eigenvalue weighted by Gasteiger charge is 2.15. The van der Waals surface area contributed by atoms with Crippen LogP contribution < -0.4 is 5.56 Å². The Balaban J connectivity index is 1.53. The van der Waals surface area contributed by atoms with Gasteiger partial charge < -0.3 is 4.52 Å². The topological polar surface area (TPSA) is 73.8 Å². The number of rotatable bonds is 4. The maximum absolute atomic E-state index is 12.3. The Morgan fingerprint density at radius 1 is 1.20 bits per heavy atom. The molecule has 25 heavy (non-hydrogen) atoms. The van der Waals surface area contributed by atoms with Crippen LogP contribution in [-0.4, -0.2) is 19.9 Å².